The fraction of sp³-hybridized carbons (Fsp3) is 0.571. The van der Waals surface area contributed by atoms with Gasteiger partial charge in [-0.1, -0.05) is 19.9 Å². The van der Waals surface area contributed by atoms with E-state index < -0.39 is 0 Å². The Kier molecular flexibility index (Phi) is 4.00. The normalized spacial score (nSPS) is 20.9. The van der Waals surface area contributed by atoms with Crippen molar-refractivity contribution >= 4 is 5.69 Å². The highest BCUT2D eigenvalue weighted by Crippen LogP contribution is 2.20. The van der Waals surface area contributed by atoms with Crippen molar-refractivity contribution in [3.05, 3.63) is 30.1 Å². The van der Waals surface area contributed by atoms with Crippen LogP contribution in [0, 0.1) is 5.82 Å². The van der Waals surface area contributed by atoms with Crippen molar-refractivity contribution in [1.82, 2.24) is 5.32 Å². The summed E-state index contributed by atoms with van der Waals surface area (Å²) in [5.74, 6) is -0.151. The van der Waals surface area contributed by atoms with E-state index in [0.717, 1.165) is 18.8 Å². The van der Waals surface area contributed by atoms with Crippen molar-refractivity contribution in [2.24, 2.45) is 0 Å². The van der Waals surface area contributed by atoms with Gasteiger partial charge in [-0.15, -0.1) is 0 Å². The highest BCUT2D eigenvalue weighted by Gasteiger charge is 2.20. The summed E-state index contributed by atoms with van der Waals surface area (Å²) >= 11 is 0. The zero-order chi connectivity index (χ0) is 12.3. The Morgan fingerprint density at radius 3 is 2.94 bits per heavy atom. The minimum atomic E-state index is -0.151. The van der Waals surface area contributed by atoms with Gasteiger partial charge in [-0.25, -0.2) is 4.39 Å². The molecule has 0 radical (unpaired) electrons. The maximum atomic E-state index is 13.2. The van der Waals surface area contributed by atoms with Crippen molar-refractivity contribution in [1.29, 1.82) is 0 Å². The van der Waals surface area contributed by atoms with Crippen LogP contribution in [-0.4, -0.2) is 25.2 Å². The molecule has 1 N–H and O–H groups in total. The molecule has 1 atom stereocenters. The molecule has 0 bridgehead atoms. The van der Waals surface area contributed by atoms with Crippen LogP contribution in [0.5, 0.6) is 0 Å². The first kappa shape index (κ1) is 12.4. The second-order valence-electron chi connectivity index (χ2n) is 5.09. The largest absolute Gasteiger partial charge is 0.370 e. The third kappa shape index (κ3) is 3.43. The van der Waals surface area contributed by atoms with Gasteiger partial charge in [0, 0.05) is 30.9 Å². The molecule has 17 heavy (non-hydrogen) atoms. The lowest BCUT2D eigenvalue weighted by molar-refractivity contribution is 0.394. The molecule has 1 aromatic carbocycles. The Hall–Kier alpha value is -1.09. The van der Waals surface area contributed by atoms with Gasteiger partial charge in [0.2, 0.25) is 0 Å². The number of anilines is 1. The first-order valence-electron chi connectivity index (χ1n) is 6.41. The van der Waals surface area contributed by atoms with Crippen molar-refractivity contribution < 1.29 is 4.39 Å². The molecular weight excluding hydrogens is 215 g/mol. The van der Waals surface area contributed by atoms with Crippen LogP contribution in [0.1, 0.15) is 26.7 Å². The lowest BCUT2D eigenvalue weighted by Crippen LogP contribution is -2.47. The molecule has 1 unspecified atom stereocenters. The predicted molar refractivity (Wildman–Crippen MR) is 69.9 cm³/mol. The third-order valence-electron chi connectivity index (χ3n) is 3.16. The average Bonchev–Trinajstić information content (AvgIpc) is 2.28. The molecule has 2 nitrogen and oxygen atoms in total. The van der Waals surface area contributed by atoms with Crippen LogP contribution >= 0.6 is 0 Å². The molecule has 0 amide bonds. The Morgan fingerprint density at radius 1 is 1.41 bits per heavy atom. The van der Waals surface area contributed by atoms with Crippen LogP contribution in [0.15, 0.2) is 24.3 Å². The molecule has 0 aromatic heterocycles. The van der Waals surface area contributed by atoms with Gasteiger partial charge in [-0.05, 0) is 31.0 Å². The highest BCUT2D eigenvalue weighted by atomic mass is 19.1. The molecule has 3 heteroatoms. The fourth-order valence-electron chi connectivity index (χ4n) is 2.49. The molecule has 1 fully saturated rings. The van der Waals surface area contributed by atoms with E-state index in [1.54, 1.807) is 12.1 Å². The first-order valence-corrected chi connectivity index (χ1v) is 6.41. The van der Waals surface area contributed by atoms with Gasteiger partial charge < -0.3 is 10.2 Å². The number of hydrogen-bond acceptors (Lipinski definition) is 2. The van der Waals surface area contributed by atoms with E-state index in [-0.39, 0.29) is 5.82 Å². The van der Waals surface area contributed by atoms with E-state index in [4.69, 9.17) is 0 Å². The van der Waals surface area contributed by atoms with Gasteiger partial charge in [-0.3, -0.25) is 0 Å². The second kappa shape index (κ2) is 5.50. The smallest absolute Gasteiger partial charge is 0.125 e. The molecular formula is C14H21FN2. The summed E-state index contributed by atoms with van der Waals surface area (Å²) in [4.78, 5) is 2.27. The standard InChI is InChI=1S/C14H21FN2/c1-11(2)16-13-6-4-8-17(10-13)14-7-3-5-12(15)9-14/h3,5,7,9,11,13,16H,4,6,8,10H2,1-2H3. The van der Waals surface area contributed by atoms with Crippen molar-refractivity contribution in [2.45, 2.75) is 38.8 Å². The van der Waals surface area contributed by atoms with Gasteiger partial charge in [0.25, 0.3) is 0 Å². The highest BCUT2D eigenvalue weighted by molar-refractivity contribution is 5.47. The van der Waals surface area contributed by atoms with Crippen molar-refractivity contribution in [3.8, 4) is 0 Å². The average molecular weight is 236 g/mol. The molecule has 1 aromatic rings. The van der Waals surface area contributed by atoms with E-state index in [1.165, 1.54) is 18.9 Å². The number of benzene rings is 1. The number of piperidine rings is 1. The zero-order valence-electron chi connectivity index (χ0n) is 10.6. The van der Waals surface area contributed by atoms with Crippen molar-refractivity contribution in [3.63, 3.8) is 0 Å². The maximum absolute atomic E-state index is 13.2. The summed E-state index contributed by atoms with van der Waals surface area (Å²) < 4.78 is 13.2. The van der Waals surface area contributed by atoms with Gasteiger partial charge in [0.05, 0.1) is 0 Å². The molecule has 1 aliphatic rings. The second-order valence-corrected chi connectivity index (χ2v) is 5.09. The van der Waals surface area contributed by atoms with E-state index in [0.29, 0.717) is 12.1 Å². The summed E-state index contributed by atoms with van der Waals surface area (Å²) in [6, 6.07) is 7.92. The van der Waals surface area contributed by atoms with Gasteiger partial charge in [0.1, 0.15) is 5.82 Å². The maximum Gasteiger partial charge on any atom is 0.125 e. The zero-order valence-corrected chi connectivity index (χ0v) is 10.6. The number of hydrogen-bond donors (Lipinski definition) is 1. The lowest BCUT2D eigenvalue weighted by Gasteiger charge is -2.35. The molecule has 0 spiro atoms. The summed E-state index contributed by atoms with van der Waals surface area (Å²) in [7, 11) is 0. The summed E-state index contributed by atoms with van der Waals surface area (Å²) in [6.07, 6.45) is 2.38. The molecule has 1 heterocycles. The number of rotatable bonds is 3. The van der Waals surface area contributed by atoms with Crippen LogP contribution in [0.25, 0.3) is 0 Å². The number of halogens is 1. The van der Waals surface area contributed by atoms with Gasteiger partial charge in [0.15, 0.2) is 0 Å². The van der Waals surface area contributed by atoms with Crippen LogP contribution in [0.4, 0.5) is 10.1 Å². The Morgan fingerprint density at radius 2 is 2.24 bits per heavy atom. The molecule has 0 aliphatic carbocycles. The summed E-state index contributed by atoms with van der Waals surface area (Å²) in [6.45, 7) is 6.34. The Labute approximate surface area is 103 Å². The third-order valence-corrected chi connectivity index (χ3v) is 3.16. The first-order chi connectivity index (χ1) is 8.15. The van der Waals surface area contributed by atoms with Crippen LogP contribution in [-0.2, 0) is 0 Å². The van der Waals surface area contributed by atoms with Gasteiger partial charge >= 0.3 is 0 Å². The molecule has 2 rings (SSSR count). The molecule has 1 aliphatic heterocycles. The number of nitrogens with one attached hydrogen (secondary N) is 1. The predicted octanol–water partition coefficient (Wildman–Crippen LogP) is 2.79. The van der Waals surface area contributed by atoms with E-state index >= 15 is 0 Å². The minimum Gasteiger partial charge on any atom is -0.370 e. The minimum absolute atomic E-state index is 0.151. The Balaban J connectivity index is 2.02. The topological polar surface area (TPSA) is 15.3 Å². The summed E-state index contributed by atoms with van der Waals surface area (Å²) in [5, 5.41) is 3.56. The van der Waals surface area contributed by atoms with Gasteiger partial charge in [-0.2, -0.15) is 0 Å². The van der Waals surface area contributed by atoms with Crippen LogP contribution < -0.4 is 10.2 Å². The fourth-order valence-corrected chi connectivity index (χ4v) is 2.49. The quantitative estimate of drug-likeness (QED) is 0.868. The SMILES string of the molecule is CC(C)NC1CCCN(c2cccc(F)c2)C1. The van der Waals surface area contributed by atoms with Crippen LogP contribution in [0.3, 0.4) is 0 Å². The van der Waals surface area contributed by atoms with Crippen molar-refractivity contribution in [2.75, 3.05) is 18.0 Å². The lowest BCUT2D eigenvalue weighted by atomic mass is 10.0. The molecule has 94 valence electrons. The van der Waals surface area contributed by atoms with E-state index in [9.17, 15) is 4.39 Å². The monoisotopic (exact) mass is 236 g/mol. The van der Waals surface area contributed by atoms with Crippen LogP contribution in [0.2, 0.25) is 0 Å². The Bertz CT molecular complexity index is 365. The number of nitrogens with zero attached hydrogens (tertiary/aromatic N) is 1. The molecule has 0 saturated carbocycles. The molecule has 1 saturated heterocycles. The summed E-state index contributed by atoms with van der Waals surface area (Å²) in [5.41, 5.74) is 1.00. The van der Waals surface area contributed by atoms with E-state index in [1.807, 2.05) is 6.07 Å². The van der Waals surface area contributed by atoms with E-state index in [2.05, 4.69) is 24.1 Å².